The van der Waals surface area contributed by atoms with E-state index in [0.717, 1.165) is 36.4 Å². The molecule has 1 amide bonds. The summed E-state index contributed by atoms with van der Waals surface area (Å²) in [4.78, 5) is 16.6. The Labute approximate surface area is 173 Å². The molecule has 1 atom stereocenters. The van der Waals surface area contributed by atoms with Crippen LogP contribution in [0.25, 0.3) is 11.1 Å². The zero-order valence-corrected chi connectivity index (χ0v) is 17.1. The molecule has 5 nitrogen and oxygen atoms in total. The minimum atomic E-state index is -0.0633. The third-order valence-electron chi connectivity index (χ3n) is 4.66. The highest BCUT2D eigenvalue weighted by atomic mass is 35.5. The molecule has 27 heavy (non-hydrogen) atoms. The monoisotopic (exact) mass is 411 g/mol. The number of nitrogens with one attached hydrogen (secondary N) is 2. The lowest BCUT2D eigenvalue weighted by Gasteiger charge is -2.22. The molecule has 1 fully saturated rings. The highest BCUT2D eigenvalue weighted by molar-refractivity contribution is 5.95. The normalized spacial score (nSPS) is 15.8. The maximum Gasteiger partial charge on any atom is 0.252 e. The van der Waals surface area contributed by atoms with Crippen LogP contribution < -0.4 is 15.4 Å². The lowest BCUT2D eigenvalue weighted by atomic mass is 9.96. The molecule has 2 aromatic rings. The van der Waals surface area contributed by atoms with Crippen molar-refractivity contribution in [2.24, 2.45) is 5.92 Å². The van der Waals surface area contributed by atoms with Gasteiger partial charge in [0.15, 0.2) is 0 Å². The molecule has 0 saturated carbocycles. The van der Waals surface area contributed by atoms with Crippen LogP contribution >= 0.6 is 24.8 Å². The van der Waals surface area contributed by atoms with Crippen molar-refractivity contribution in [1.29, 1.82) is 0 Å². The van der Waals surface area contributed by atoms with E-state index >= 15 is 0 Å². The number of carbonyl (C=O) groups excluding carboxylic acids is 1. The number of hydrogen-bond acceptors (Lipinski definition) is 4. The maximum absolute atomic E-state index is 12.4. The summed E-state index contributed by atoms with van der Waals surface area (Å²) in [5, 5.41) is 6.42. The first-order chi connectivity index (χ1) is 12.3. The lowest BCUT2D eigenvalue weighted by molar-refractivity contribution is 0.0950. The number of carbonyl (C=O) groups is 1. The van der Waals surface area contributed by atoms with Crippen molar-refractivity contribution in [3.05, 3.63) is 48.3 Å². The average molecular weight is 412 g/mol. The van der Waals surface area contributed by atoms with Crippen molar-refractivity contribution in [2.45, 2.75) is 19.3 Å². The van der Waals surface area contributed by atoms with Crippen LogP contribution in [-0.2, 0) is 0 Å². The summed E-state index contributed by atoms with van der Waals surface area (Å²) in [6, 6.07) is 9.62. The Morgan fingerprint density at radius 2 is 2.00 bits per heavy atom. The molecule has 3 rings (SSSR count). The summed E-state index contributed by atoms with van der Waals surface area (Å²) >= 11 is 0. The largest absolute Gasteiger partial charge is 0.497 e. The maximum atomic E-state index is 12.4. The molecule has 1 aliphatic rings. The first kappa shape index (κ1) is 23.2. The Balaban J connectivity index is 0.00000182. The van der Waals surface area contributed by atoms with Gasteiger partial charge in [-0.1, -0.05) is 12.1 Å². The smallest absolute Gasteiger partial charge is 0.252 e. The highest BCUT2D eigenvalue weighted by Crippen LogP contribution is 2.22. The predicted octanol–water partition coefficient (Wildman–Crippen LogP) is 3.72. The van der Waals surface area contributed by atoms with E-state index in [1.54, 1.807) is 19.5 Å². The quantitative estimate of drug-likeness (QED) is 0.759. The second-order valence-electron chi connectivity index (χ2n) is 6.45. The molecule has 2 heterocycles. The van der Waals surface area contributed by atoms with E-state index < -0.39 is 0 Å². The summed E-state index contributed by atoms with van der Waals surface area (Å²) in [5.74, 6) is 1.41. The lowest BCUT2D eigenvalue weighted by Crippen LogP contribution is -2.33. The van der Waals surface area contributed by atoms with Crippen LogP contribution in [0.2, 0.25) is 0 Å². The van der Waals surface area contributed by atoms with Crippen LogP contribution in [-0.4, -0.2) is 37.6 Å². The Bertz CT molecular complexity index is 705. The minimum Gasteiger partial charge on any atom is -0.497 e. The third-order valence-corrected chi connectivity index (χ3v) is 4.66. The summed E-state index contributed by atoms with van der Waals surface area (Å²) < 4.78 is 5.18. The number of piperidine rings is 1. The van der Waals surface area contributed by atoms with Gasteiger partial charge in [0.1, 0.15) is 5.75 Å². The van der Waals surface area contributed by atoms with E-state index in [1.807, 2.05) is 30.3 Å². The summed E-state index contributed by atoms with van der Waals surface area (Å²) in [7, 11) is 1.64. The molecule has 7 heteroatoms. The van der Waals surface area contributed by atoms with Gasteiger partial charge >= 0.3 is 0 Å². The second-order valence-corrected chi connectivity index (χ2v) is 6.45. The SMILES string of the molecule is COc1ccc(-c2cncc(C(=O)NCCC3CCCNC3)c2)cc1.Cl.Cl. The molecule has 1 unspecified atom stereocenters. The van der Waals surface area contributed by atoms with E-state index in [0.29, 0.717) is 18.0 Å². The number of aromatic nitrogens is 1. The molecular formula is C20H27Cl2N3O2. The first-order valence-corrected chi connectivity index (χ1v) is 8.84. The average Bonchev–Trinajstić information content (AvgIpc) is 2.69. The molecule has 0 aliphatic carbocycles. The summed E-state index contributed by atoms with van der Waals surface area (Å²) in [5.41, 5.74) is 2.53. The van der Waals surface area contributed by atoms with Gasteiger partial charge < -0.3 is 15.4 Å². The third kappa shape index (κ3) is 6.69. The first-order valence-electron chi connectivity index (χ1n) is 8.84. The van der Waals surface area contributed by atoms with Gasteiger partial charge in [-0.15, -0.1) is 24.8 Å². The van der Waals surface area contributed by atoms with Crippen LogP contribution in [0, 0.1) is 5.92 Å². The highest BCUT2D eigenvalue weighted by Gasteiger charge is 2.13. The summed E-state index contributed by atoms with van der Waals surface area (Å²) in [6.07, 6.45) is 6.88. The van der Waals surface area contributed by atoms with Crippen LogP contribution in [0.5, 0.6) is 5.75 Å². The second kappa shape index (κ2) is 11.8. The van der Waals surface area contributed by atoms with Gasteiger partial charge in [-0.2, -0.15) is 0 Å². The Kier molecular flexibility index (Phi) is 10.1. The zero-order valence-electron chi connectivity index (χ0n) is 15.4. The molecule has 1 aromatic carbocycles. The number of nitrogens with zero attached hydrogens (tertiary/aromatic N) is 1. The number of benzene rings is 1. The fourth-order valence-corrected chi connectivity index (χ4v) is 3.17. The molecule has 1 saturated heterocycles. The van der Waals surface area contributed by atoms with Gasteiger partial charge in [-0.05, 0) is 62.0 Å². The van der Waals surface area contributed by atoms with Crippen molar-refractivity contribution >= 4 is 30.7 Å². The van der Waals surface area contributed by atoms with Crippen LogP contribution in [0.3, 0.4) is 0 Å². The van der Waals surface area contributed by atoms with Crippen molar-refractivity contribution in [3.8, 4) is 16.9 Å². The van der Waals surface area contributed by atoms with E-state index in [-0.39, 0.29) is 30.7 Å². The summed E-state index contributed by atoms with van der Waals surface area (Å²) in [6.45, 7) is 2.88. The standard InChI is InChI=1S/C20H25N3O2.2ClH/c1-25-19-6-4-16(5-7-19)17-11-18(14-22-13-17)20(24)23-10-8-15-3-2-9-21-12-15;;/h4-7,11,13-15,21H,2-3,8-10,12H2,1H3,(H,23,24);2*1H. The van der Waals surface area contributed by atoms with Crippen molar-refractivity contribution in [1.82, 2.24) is 15.6 Å². The van der Waals surface area contributed by atoms with Gasteiger partial charge in [-0.25, -0.2) is 0 Å². The zero-order chi connectivity index (χ0) is 17.5. The van der Waals surface area contributed by atoms with Gasteiger partial charge in [-0.3, -0.25) is 9.78 Å². The molecule has 0 radical (unpaired) electrons. The molecule has 1 aliphatic heterocycles. The minimum absolute atomic E-state index is 0. The number of rotatable bonds is 6. The Morgan fingerprint density at radius 1 is 1.22 bits per heavy atom. The van der Waals surface area contributed by atoms with Crippen LogP contribution in [0.15, 0.2) is 42.7 Å². The number of amides is 1. The number of pyridine rings is 1. The Morgan fingerprint density at radius 3 is 2.67 bits per heavy atom. The fourth-order valence-electron chi connectivity index (χ4n) is 3.17. The Hall–Kier alpha value is -1.82. The van der Waals surface area contributed by atoms with Gasteiger partial charge in [0.05, 0.1) is 12.7 Å². The van der Waals surface area contributed by atoms with Gasteiger partial charge in [0, 0.05) is 24.5 Å². The number of methoxy groups -OCH3 is 1. The molecule has 2 N–H and O–H groups in total. The molecule has 148 valence electrons. The van der Waals surface area contributed by atoms with E-state index in [9.17, 15) is 4.79 Å². The van der Waals surface area contributed by atoms with E-state index in [2.05, 4.69) is 15.6 Å². The van der Waals surface area contributed by atoms with E-state index in [4.69, 9.17) is 4.74 Å². The van der Waals surface area contributed by atoms with Crippen LogP contribution in [0.1, 0.15) is 29.6 Å². The van der Waals surface area contributed by atoms with Crippen molar-refractivity contribution in [3.63, 3.8) is 0 Å². The fraction of sp³-hybridized carbons (Fsp3) is 0.400. The molecule has 0 bridgehead atoms. The van der Waals surface area contributed by atoms with Crippen molar-refractivity contribution in [2.75, 3.05) is 26.7 Å². The molecular weight excluding hydrogens is 385 g/mol. The molecule has 1 aromatic heterocycles. The van der Waals surface area contributed by atoms with E-state index in [1.165, 1.54) is 12.8 Å². The number of halogens is 2. The number of ether oxygens (including phenoxy) is 1. The van der Waals surface area contributed by atoms with Gasteiger partial charge in [0.2, 0.25) is 0 Å². The van der Waals surface area contributed by atoms with Crippen molar-refractivity contribution < 1.29 is 9.53 Å². The predicted molar refractivity (Wildman–Crippen MR) is 113 cm³/mol. The van der Waals surface area contributed by atoms with Crippen LogP contribution in [0.4, 0.5) is 0 Å². The van der Waals surface area contributed by atoms with Gasteiger partial charge in [0.25, 0.3) is 5.91 Å². The number of hydrogen-bond donors (Lipinski definition) is 2. The topological polar surface area (TPSA) is 63.2 Å². The molecule has 0 spiro atoms.